The largest absolute Gasteiger partial charge is 0.336 e. The minimum Gasteiger partial charge on any atom is -0.336 e. The normalized spacial score (nSPS) is 10.6. The monoisotopic (exact) mass is 269 g/mol. The topological polar surface area (TPSA) is 63.4 Å². The van der Waals surface area contributed by atoms with Crippen molar-refractivity contribution < 1.29 is 4.79 Å². The van der Waals surface area contributed by atoms with Crippen molar-refractivity contribution in [2.75, 3.05) is 11.9 Å². The number of aromatic nitrogens is 3. The van der Waals surface area contributed by atoms with Gasteiger partial charge in [0, 0.05) is 37.2 Å². The molecule has 3 rings (SSSR count). The number of nitrogens with one attached hydrogen (secondary N) is 2. The maximum absolute atomic E-state index is 11.7. The number of carbonyl (C=O) groups excluding carboxylic acids is 1. The van der Waals surface area contributed by atoms with E-state index >= 15 is 0 Å². The summed E-state index contributed by atoms with van der Waals surface area (Å²) in [4.78, 5) is 11.7. The Labute approximate surface area is 116 Å². The van der Waals surface area contributed by atoms with Crippen LogP contribution >= 0.6 is 0 Å². The van der Waals surface area contributed by atoms with Crippen LogP contribution in [0.3, 0.4) is 0 Å². The van der Waals surface area contributed by atoms with E-state index in [1.165, 1.54) is 0 Å². The summed E-state index contributed by atoms with van der Waals surface area (Å²) in [5.41, 5.74) is 1.79. The van der Waals surface area contributed by atoms with Gasteiger partial charge in [0.15, 0.2) is 0 Å². The minimum atomic E-state index is -0.201. The van der Waals surface area contributed by atoms with Crippen molar-refractivity contribution in [1.82, 2.24) is 19.5 Å². The van der Waals surface area contributed by atoms with Crippen molar-refractivity contribution in [1.29, 1.82) is 0 Å². The van der Waals surface area contributed by atoms with Crippen molar-refractivity contribution in [3.63, 3.8) is 0 Å². The lowest BCUT2D eigenvalue weighted by atomic mass is 10.3. The predicted molar refractivity (Wildman–Crippen MR) is 76.6 cm³/mol. The second-order valence-corrected chi connectivity index (χ2v) is 4.37. The van der Waals surface area contributed by atoms with Gasteiger partial charge in [-0.1, -0.05) is 18.2 Å². The predicted octanol–water partition coefficient (Wildman–Crippen LogP) is 1.96. The summed E-state index contributed by atoms with van der Waals surface area (Å²) in [6.07, 6.45) is 5.58. The van der Waals surface area contributed by atoms with Crippen molar-refractivity contribution in [2.45, 2.75) is 6.54 Å². The van der Waals surface area contributed by atoms with E-state index < -0.39 is 0 Å². The number of rotatable bonds is 4. The summed E-state index contributed by atoms with van der Waals surface area (Å²) in [7, 11) is 0. The van der Waals surface area contributed by atoms with Crippen LogP contribution in [0.15, 0.2) is 55.0 Å². The zero-order valence-corrected chi connectivity index (χ0v) is 10.9. The van der Waals surface area contributed by atoms with Gasteiger partial charge in [-0.25, -0.2) is 9.31 Å². The molecule has 0 aliphatic heterocycles. The SMILES string of the molecule is O=C(NCCn1ccn2nccc12)Nc1ccccc1. The van der Waals surface area contributed by atoms with Crippen LogP contribution in [0, 0.1) is 0 Å². The molecule has 0 saturated carbocycles. The number of fused-ring (bicyclic) bond motifs is 1. The fourth-order valence-corrected chi connectivity index (χ4v) is 2.05. The lowest BCUT2D eigenvalue weighted by molar-refractivity contribution is 0.251. The highest BCUT2D eigenvalue weighted by Crippen LogP contribution is 2.05. The summed E-state index contributed by atoms with van der Waals surface area (Å²) >= 11 is 0. The van der Waals surface area contributed by atoms with Gasteiger partial charge in [-0.15, -0.1) is 0 Å². The van der Waals surface area contributed by atoms with Crippen LogP contribution in [0.4, 0.5) is 10.5 Å². The number of amides is 2. The zero-order valence-electron chi connectivity index (χ0n) is 10.9. The number of para-hydroxylation sites is 1. The summed E-state index contributed by atoms with van der Waals surface area (Å²) < 4.78 is 3.83. The summed E-state index contributed by atoms with van der Waals surface area (Å²) in [6.45, 7) is 1.25. The van der Waals surface area contributed by atoms with Crippen LogP contribution in [0.25, 0.3) is 5.65 Å². The van der Waals surface area contributed by atoms with Gasteiger partial charge in [-0.05, 0) is 12.1 Å². The molecule has 102 valence electrons. The number of urea groups is 1. The van der Waals surface area contributed by atoms with Gasteiger partial charge in [0.2, 0.25) is 0 Å². The lowest BCUT2D eigenvalue weighted by Gasteiger charge is -2.08. The summed E-state index contributed by atoms with van der Waals surface area (Å²) in [6, 6.07) is 11.1. The standard InChI is InChI=1S/C14H15N5O/c20-14(17-12-4-2-1-3-5-12)15-8-9-18-10-11-19-13(18)6-7-16-19/h1-7,10-11H,8-9H2,(H2,15,17,20). The van der Waals surface area contributed by atoms with Gasteiger partial charge in [0.25, 0.3) is 0 Å². The molecule has 0 atom stereocenters. The zero-order chi connectivity index (χ0) is 13.8. The van der Waals surface area contributed by atoms with Gasteiger partial charge >= 0.3 is 6.03 Å². The van der Waals surface area contributed by atoms with Crippen LogP contribution in [0.1, 0.15) is 0 Å². The summed E-state index contributed by atoms with van der Waals surface area (Å²) in [5.74, 6) is 0. The van der Waals surface area contributed by atoms with Crippen molar-refractivity contribution >= 4 is 17.4 Å². The second-order valence-electron chi connectivity index (χ2n) is 4.37. The Kier molecular flexibility index (Phi) is 3.36. The molecular weight excluding hydrogens is 254 g/mol. The first kappa shape index (κ1) is 12.3. The highest BCUT2D eigenvalue weighted by atomic mass is 16.2. The Morgan fingerprint density at radius 3 is 2.85 bits per heavy atom. The summed E-state index contributed by atoms with van der Waals surface area (Å²) in [5, 5.41) is 9.74. The van der Waals surface area contributed by atoms with Crippen LogP contribution in [-0.4, -0.2) is 26.8 Å². The minimum absolute atomic E-state index is 0.201. The molecule has 0 unspecified atom stereocenters. The molecule has 0 spiro atoms. The van der Waals surface area contributed by atoms with Crippen molar-refractivity contribution in [3.8, 4) is 0 Å². The molecule has 0 bridgehead atoms. The molecule has 20 heavy (non-hydrogen) atoms. The quantitative estimate of drug-likeness (QED) is 0.760. The Morgan fingerprint density at radius 2 is 2.00 bits per heavy atom. The molecular formula is C14H15N5O. The molecule has 0 aliphatic rings. The first-order chi connectivity index (χ1) is 9.83. The highest BCUT2D eigenvalue weighted by Gasteiger charge is 2.03. The molecule has 0 fully saturated rings. The van der Waals surface area contributed by atoms with Gasteiger partial charge in [-0.3, -0.25) is 0 Å². The molecule has 6 nitrogen and oxygen atoms in total. The fraction of sp³-hybridized carbons (Fsp3) is 0.143. The van der Waals surface area contributed by atoms with E-state index in [4.69, 9.17) is 0 Å². The van der Waals surface area contributed by atoms with E-state index in [2.05, 4.69) is 15.7 Å². The van der Waals surface area contributed by atoms with Gasteiger partial charge < -0.3 is 15.2 Å². The fourth-order valence-electron chi connectivity index (χ4n) is 2.05. The molecule has 3 aromatic rings. The van der Waals surface area contributed by atoms with Gasteiger partial charge in [0.1, 0.15) is 5.65 Å². The highest BCUT2D eigenvalue weighted by molar-refractivity contribution is 5.89. The molecule has 0 radical (unpaired) electrons. The number of hydrogen-bond donors (Lipinski definition) is 2. The molecule has 6 heteroatoms. The van der Waals surface area contributed by atoms with E-state index in [1.54, 1.807) is 10.7 Å². The lowest BCUT2D eigenvalue weighted by Crippen LogP contribution is -2.31. The van der Waals surface area contributed by atoms with E-state index in [0.717, 1.165) is 11.3 Å². The van der Waals surface area contributed by atoms with Crippen LogP contribution in [0.5, 0.6) is 0 Å². The van der Waals surface area contributed by atoms with Crippen LogP contribution in [-0.2, 0) is 6.54 Å². The van der Waals surface area contributed by atoms with Crippen LogP contribution in [0.2, 0.25) is 0 Å². The maximum atomic E-state index is 11.7. The number of anilines is 1. The second kappa shape index (κ2) is 5.48. The molecule has 0 aliphatic carbocycles. The molecule has 0 saturated heterocycles. The maximum Gasteiger partial charge on any atom is 0.319 e. The third-order valence-corrected chi connectivity index (χ3v) is 3.00. The van der Waals surface area contributed by atoms with Crippen LogP contribution < -0.4 is 10.6 Å². The number of imidazole rings is 1. The average Bonchev–Trinajstić information content (AvgIpc) is 3.04. The van der Waals surface area contributed by atoms with Gasteiger partial charge in [-0.2, -0.15) is 5.10 Å². The third kappa shape index (κ3) is 2.64. The number of hydrogen-bond acceptors (Lipinski definition) is 2. The van der Waals surface area contributed by atoms with E-state index in [-0.39, 0.29) is 6.03 Å². The van der Waals surface area contributed by atoms with E-state index in [1.807, 2.05) is 53.4 Å². The van der Waals surface area contributed by atoms with E-state index in [0.29, 0.717) is 13.1 Å². The number of carbonyl (C=O) groups is 1. The Balaban J connectivity index is 1.50. The van der Waals surface area contributed by atoms with Gasteiger partial charge in [0.05, 0.1) is 6.20 Å². The smallest absolute Gasteiger partial charge is 0.319 e. The third-order valence-electron chi connectivity index (χ3n) is 3.00. The Bertz CT molecular complexity index is 701. The number of benzene rings is 1. The Morgan fingerprint density at radius 1 is 1.15 bits per heavy atom. The molecule has 2 heterocycles. The van der Waals surface area contributed by atoms with E-state index in [9.17, 15) is 4.79 Å². The molecule has 2 amide bonds. The molecule has 1 aromatic carbocycles. The molecule has 2 N–H and O–H groups in total. The number of nitrogens with zero attached hydrogens (tertiary/aromatic N) is 3. The van der Waals surface area contributed by atoms with Crippen molar-refractivity contribution in [3.05, 3.63) is 55.0 Å². The first-order valence-corrected chi connectivity index (χ1v) is 6.41. The molecule has 2 aromatic heterocycles. The first-order valence-electron chi connectivity index (χ1n) is 6.41. The Hall–Kier alpha value is -2.76. The average molecular weight is 269 g/mol. The van der Waals surface area contributed by atoms with Crippen molar-refractivity contribution in [2.24, 2.45) is 0 Å².